The van der Waals surface area contributed by atoms with Gasteiger partial charge in [0.25, 0.3) is 0 Å². The first-order valence-corrected chi connectivity index (χ1v) is 7.53. The van der Waals surface area contributed by atoms with Gasteiger partial charge in [0.15, 0.2) is 0 Å². The zero-order valence-electron chi connectivity index (χ0n) is 13.4. The van der Waals surface area contributed by atoms with Crippen LogP contribution in [0, 0.1) is 0 Å². The van der Waals surface area contributed by atoms with Crippen molar-refractivity contribution in [1.82, 2.24) is 0 Å². The predicted molar refractivity (Wildman–Crippen MR) is 93.9 cm³/mol. The highest BCUT2D eigenvalue weighted by atomic mass is 35.5. The summed E-state index contributed by atoms with van der Waals surface area (Å²) in [4.78, 5) is 14.7. The SMILES string of the molecule is CN(C)c1cccc(NC(=O)C(C)(C)c2cccc(Cl)c2)c1. The summed E-state index contributed by atoms with van der Waals surface area (Å²) in [7, 11) is 3.94. The van der Waals surface area contributed by atoms with E-state index >= 15 is 0 Å². The molecule has 0 spiro atoms. The van der Waals surface area contributed by atoms with Gasteiger partial charge in [0.05, 0.1) is 5.41 Å². The van der Waals surface area contributed by atoms with E-state index in [2.05, 4.69) is 5.32 Å². The number of carbonyl (C=O) groups excluding carboxylic acids is 1. The van der Waals surface area contributed by atoms with Crippen molar-refractivity contribution in [2.24, 2.45) is 0 Å². The quantitative estimate of drug-likeness (QED) is 0.911. The Bertz CT molecular complexity index is 680. The average Bonchev–Trinajstić information content (AvgIpc) is 2.47. The third kappa shape index (κ3) is 3.60. The molecule has 0 atom stereocenters. The van der Waals surface area contributed by atoms with Crippen LogP contribution in [0.3, 0.4) is 0 Å². The van der Waals surface area contributed by atoms with Crippen molar-refractivity contribution >= 4 is 28.9 Å². The second kappa shape index (κ2) is 6.41. The molecule has 4 heteroatoms. The number of carbonyl (C=O) groups is 1. The van der Waals surface area contributed by atoms with E-state index in [4.69, 9.17) is 11.6 Å². The molecule has 2 rings (SSSR count). The fraction of sp³-hybridized carbons (Fsp3) is 0.278. The highest BCUT2D eigenvalue weighted by molar-refractivity contribution is 6.30. The van der Waals surface area contributed by atoms with Gasteiger partial charge >= 0.3 is 0 Å². The molecule has 0 heterocycles. The van der Waals surface area contributed by atoms with Crippen molar-refractivity contribution in [1.29, 1.82) is 0 Å². The van der Waals surface area contributed by atoms with E-state index in [0.717, 1.165) is 16.9 Å². The molecule has 3 nitrogen and oxygen atoms in total. The maximum absolute atomic E-state index is 12.7. The largest absolute Gasteiger partial charge is 0.378 e. The minimum absolute atomic E-state index is 0.0642. The summed E-state index contributed by atoms with van der Waals surface area (Å²) in [6.07, 6.45) is 0. The molecule has 0 aliphatic rings. The number of nitrogens with one attached hydrogen (secondary N) is 1. The van der Waals surface area contributed by atoms with E-state index in [1.54, 1.807) is 6.07 Å². The lowest BCUT2D eigenvalue weighted by atomic mass is 9.83. The number of nitrogens with zero attached hydrogens (tertiary/aromatic N) is 1. The van der Waals surface area contributed by atoms with Crippen molar-refractivity contribution in [2.75, 3.05) is 24.3 Å². The molecule has 0 aromatic heterocycles. The molecule has 0 saturated carbocycles. The van der Waals surface area contributed by atoms with Gasteiger partial charge in [0, 0.05) is 30.5 Å². The topological polar surface area (TPSA) is 32.3 Å². The first-order chi connectivity index (χ1) is 10.3. The van der Waals surface area contributed by atoms with Gasteiger partial charge in [0.1, 0.15) is 0 Å². The van der Waals surface area contributed by atoms with Crippen LogP contribution >= 0.6 is 11.6 Å². The van der Waals surface area contributed by atoms with Gasteiger partial charge in [-0.1, -0.05) is 29.8 Å². The summed E-state index contributed by atoms with van der Waals surface area (Å²) < 4.78 is 0. The van der Waals surface area contributed by atoms with Crippen LogP contribution < -0.4 is 10.2 Å². The zero-order valence-corrected chi connectivity index (χ0v) is 14.1. The van der Waals surface area contributed by atoms with Crippen LogP contribution in [0.15, 0.2) is 48.5 Å². The molecular formula is C18H21ClN2O. The lowest BCUT2D eigenvalue weighted by molar-refractivity contribution is -0.120. The summed E-state index contributed by atoms with van der Waals surface area (Å²) in [5.41, 5.74) is 2.05. The Balaban J connectivity index is 2.22. The lowest BCUT2D eigenvalue weighted by Crippen LogP contribution is -2.34. The third-order valence-electron chi connectivity index (χ3n) is 3.73. The lowest BCUT2D eigenvalue weighted by Gasteiger charge is -2.25. The van der Waals surface area contributed by atoms with Crippen LogP contribution in [0.25, 0.3) is 0 Å². The van der Waals surface area contributed by atoms with Gasteiger partial charge in [-0.25, -0.2) is 0 Å². The van der Waals surface area contributed by atoms with Crippen molar-refractivity contribution in [3.05, 3.63) is 59.1 Å². The number of hydrogen-bond donors (Lipinski definition) is 1. The zero-order chi connectivity index (χ0) is 16.3. The predicted octanol–water partition coefficient (Wildman–Crippen LogP) is 4.32. The molecule has 0 unspecified atom stereocenters. The fourth-order valence-corrected chi connectivity index (χ4v) is 2.35. The second-order valence-electron chi connectivity index (χ2n) is 6.03. The Morgan fingerprint density at radius 2 is 1.77 bits per heavy atom. The van der Waals surface area contributed by atoms with Gasteiger partial charge in [-0.3, -0.25) is 4.79 Å². The van der Waals surface area contributed by atoms with E-state index < -0.39 is 5.41 Å². The van der Waals surface area contributed by atoms with E-state index in [0.29, 0.717) is 5.02 Å². The summed E-state index contributed by atoms with van der Waals surface area (Å²) in [6.45, 7) is 3.79. The van der Waals surface area contributed by atoms with E-state index in [1.807, 2.05) is 75.3 Å². The number of rotatable bonds is 4. The molecule has 1 amide bonds. The van der Waals surface area contributed by atoms with Crippen LogP contribution in [0.1, 0.15) is 19.4 Å². The van der Waals surface area contributed by atoms with Crippen LogP contribution in [0.5, 0.6) is 0 Å². The van der Waals surface area contributed by atoms with Crippen molar-refractivity contribution in [2.45, 2.75) is 19.3 Å². The number of halogens is 1. The number of hydrogen-bond acceptors (Lipinski definition) is 2. The summed E-state index contributed by atoms with van der Waals surface area (Å²) in [6, 6.07) is 15.2. The molecule has 0 saturated heterocycles. The molecule has 0 aliphatic heterocycles. The Labute approximate surface area is 136 Å². The Morgan fingerprint density at radius 3 is 2.41 bits per heavy atom. The Morgan fingerprint density at radius 1 is 1.09 bits per heavy atom. The first-order valence-electron chi connectivity index (χ1n) is 7.15. The summed E-state index contributed by atoms with van der Waals surface area (Å²) in [5, 5.41) is 3.62. The normalized spacial score (nSPS) is 11.1. The maximum atomic E-state index is 12.7. The van der Waals surface area contributed by atoms with Crippen molar-refractivity contribution in [3.63, 3.8) is 0 Å². The third-order valence-corrected chi connectivity index (χ3v) is 3.97. The molecule has 2 aromatic rings. The molecule has 0 fully saturated rings. The molecule has 22 heavy (non-hydrogen) atoms. The first kappa shape index (κ1) is 16.4. The number of amides is 1. The number of benzene rings is 2. The average molecular weight is 317 g/mol. The van der Waals surface area contributed by atoms with E-state index in [9.17, 15) is 4.79 Å². The van der Waals surface area contributed by atoms with Crippen LogP contribution in [-0.2, 0) is 10.2 Å². The van der Waals surface area contributed by atoms with Crippen molar-refractivity contribution < 1.29 is 4.79 Å². The standard InChI is InChI=1S/C18H21ClN2O/c1-18(2,13-7-5-8-14(19)11-13)17(22)20-15-9-6-10-16(12-15)21(3)4/h5-12H,1-4H3,(H,20,22). The molecule has 0 bridgehead atoms. The van der Waals surface area contributed by atoms with E-state index in [1.165, 1.54) is 0 Å². The molecular weight excluding hydrogens is 296 g/mol. The number of anilines is 2. The smallest absolute Gasteiger partial charge is 0.234 e. The van der Waals surface area contributed by atoms with Gasteiger partial charge in [-0.2, -0.15) is 0 Å². The molecule has 1 N–H and O–H groups in total. The second-order valence-corrected chi connectivity index (χ2v) is 6.47. The Hall–Kier alpha value is -2.00. The van der Waals surface area contributed by atoms with Crippen LogP contribution in [0.2, 0.25) is 5.02 Å². The summed E-state index contributed by atoms with van der Waals surface area (Å²) in [5.74, 6) is -0.0642. The maximum Gasteiger partial charge on any atom is 0.234 e. The monoisotopic (exact) mass is 316 g/mol. The highest BCUT2D eigenvalue weighted by Gasteiger charge is 2.30. The Kier molecular flexibility index (Phi) is 4.77. The van der Waals surface area contributed by atoms with Crippen molar-refractivity contribution in [3.8, 4) is 0 Å². The van der Waals surface area contributed by atoms with Gasteiger partial charge in [0.2, 0.25) is 5.91 Å². The van der Waals surface area contributed by atoms with Gasteiger partial charge in [-0.15, -0.1) is 0 Å². The minimum atomic E-state index is -0.668. The summed E-state index contributed by atoms with van der Waals surface area (Å²) >= 11 is 6.03. The van der Waals surface area contributed by atoms with Crippen LogP contribution in [-0.4, -0.2) is 20.0 Å². The van der Waals surface area contributed by atoms with Gasteiger partial charge < -0.3 is 10.2 Å². The molecule has 0 radical (unpaired) electrons. The molecule has 2 aromatic carbocycles. The van der Waals surface area contributed by atoms with Gasteiger partial charge in [-0.05, 0) is 49.7 Å². The van der Waals surface area contributed by atoms with Crippen LogP contribution in [0.4, 0.5) is 11.4 Å². The minimum Gasteiger partial charge on any atom is -0.378 e. The highest BCUT2D eigenvalue weighted by Crippen LogP contribution is 2.28. The van der Waals surface area contributed by atoms with E-state index in [-0.39, 0.29) is 5.91 Å². The molecule has 116 valence electrons. The molecule has 0 aliphatic carbocycles. The fourth-order valence-electron chi connectivity index (χ4n) is 2.16.